The Morgan fingerprint density at radius 1 is 1.53 bits per heavy atom. The molecule has 2 atom stereocenters. The van der Waals surface area contributed by atoms with Crippen LogP contribution in [0.25, 0.3) is 0 Å². The Balaban J connectivity index is 1.85. The molecule has 1 aromatic heterocycles. The van der Waals surface area contributed by atoms with Crippen LogP contribution in [0.15, 0.2) is 12.4 Å². The molecule has 0 amide bonds. The minimum Gasteiger partial charge on any atom is -0.334 e. The number of rotatable bonds is 5. The van der Waals surface area contributed by atoms with Gasteiger partial charge in [0.25, 0.3) is 0 Å². The van der Waals surface area contributed by atoms with Crippen LogP contribution in [0.5, 0.6) is 0 Å². The van der Waals surface area contributed by atoms with Gasteiger partial charge in [-0.05, 0) is 39.3 Å². The quantitative estimate of drug-likeness (QED) is 0.837. The summed E-state index contributed by atoms with van der Waals surface area (Å²) in [6, 6.07) is 0.684. The molecule has 1 aromatic rings. The number of aryl methyl sites for hydroxylation is 1. The Hall–Kier alpha value is -0.870. The molecule has 1 saturated carbocycles. The molecule has 0 spiro atoms. The Labute approximate surface area is 104 Å². The summed E-state index contributed by atoms with van der Waals surface area (Å²) in [7, 11) is 2.23. The molecule has 96 valence electrons. The number of nitrogens with zero attached hydrogens (tertiary/aromatic N) is 3. The van der Waals surface area contributed by atoms with Crippen molar-refractivity contribution in [3.05, 3.63) is 18.2 Å². The standard InChI is InChI=1S/C13H24N4/c1-11-15-6-7-17(11)9-8-16(2)13-5-3-4-12(13)10-14/h6-7,12-13H,3-5,8-10,14H2,1-2H3. The van der Waals surface area contributed by atoms with E-state index in [1.165, 1.54) is 19.3 Å². The van der Waals surface area contributed by atoms with E-state index in [4.69, 9.17) is 5.73 Å². The highest BCUT2D eigenvalue weighted by molar-refractivity contribution is 4.89. The zero-order valence-corrected chi connectivity index (χ0v) is 11.0. The first kappa shape index (κ1) is 12.6. The number of hydrogen-bond acceptors (Lipinski definition) is 3. The van der Waals surface area contributed by atoms with Crippen molar-refractivity contribution in [1.82, 2.24) is 14.5 Å². The van der Waals surface area contributed by atoms with Crippen LogP contribution in [0, 0.1) is 12.8 Å². The van der Waals surface area contributed by atoms with Crippen molar-refractivity contribution >= 4 is 0 Å². The van der Waals surface area contributed by atoms with Crippen LogP contribution in [0.1, 0.15) is 25.1 Å². The zero-order valence-electron chi connectivity index (χ0n) is 11.0. The van der Waals surface area contributed by atoms with Crippen molar-refractivity contribution in [3.8, 4) is 0 Å². The summed E-state index contributed by atoms with van der Waals surface area (Å²) in [4.78, 5) is 6.72. The number of imidazole rings is 1. The molecule has 1 heterocycles. The van der Waals surface area contributed by atoms with Crippen LogP contribution >= 0.6 is 0 Å². The summed E-state index contributed by atoms with van der Waals surface area (Å²) in [5.41, 5.74) is 5.83. The minimum atomic E-state index is 0.684. The van der Waals surface area contributed by atoms with Gasteiger partial charge in [0.2, 0.25) is 0 Å². The van der Waals surface area contributed by atoms with Crippen LogP contribution < -0.4 is 5.73 Å². The molecule has 2 unspecified atom stereocenters. The second kappa shape index (κ2) is 5.65. The number of nitrogens with two attached hydrogens (primary N) is 1. The topological polar surface area (TPSA) is 47.1 Å². The lowest BCUT2D eigenvalue weighted by Crippen LogP contribution is -2.39. The third-order valence-electron chi connectivity index (χ3n) is 4.11. The molecule has 0 saturated heterocycles. The van der Waals surface area contributed by atoms with Gasteiger partial charge in [-0.3, -0.25) is 0 Å². The fraction of sp³-hybridized carbons (Fsp3) is 0.769. The molecule has 0 aliphatic heterocycles. The Morgan fingerprint density at radius 3 is 3.00 bits per heavy atom. The van der Waals surface area contributed by atoms with E-state index in [1.54, 1.807) is 0 Å². The van der Waals surface area contributed by atoms with E-state index in [0.717, 1.165) is 25.5 Å². The zero-order chi connectivity index (χ0) is 12.3. The highest BCUT2D eigenvalue weighted by Gasteiger charge is 2.28. The number of hydrogen-bond donors (Lipinski definition) is 1. The van der Waals surface area contributed by atoms with Gasteiger partial charge in [0.1, 0.15) is 5.82 Å². The van der Waals surface area contributed by atoms with Crippen molar-refractivity contribution in [3.63, 3.8) is 0 Å². The summed E-state index contributed by atoms with van der Waals surface area (Å²) in [6.07, 6.45) is 7.86. The van der Waals surface area contributed by atoms with E-state index < -0.39 is 0 Å². The molecule has 0 aromatic carbocycles. The van der Waals surface area contributed by atoms with Gasteiger partial charge >= 0.3 is 0 Å². The average molecular weight is 236 g/mol. The predicted octanol–water partition coefficient (Wildman–Crippen LogP) is 1.25. The van der Waals surface area contributed by atoms with Crippen LogP contribution in [-0.4, -0.2) is 40.6 Å². The van der Waals surface area contributed by atoms with Gasteiger partial charge in [0, 0.05) is 31.5 Å². The Bertz CT molecular complexity index is 347. The first-order chi connectivity index (χ1) is 8.22. The van der Waals surface area contributed by atoms with E-state index >= 15 is 0 Å². The number of aromatic nitrogens is 2. The van der Waals surface area contributed by atoms with Crippen molar-refractivity contribution in [2.24, 2.45) is 11.7 Å². The summed E-state index contributed by atoms with van der Waals surface area (Å²) in [5, 5.41) is 0. The highest BCUT2D eigenvalue weighted by Crippen LogP contribution is 2.28. The molecule has 1 aliphatic carbocycles. The second-order valence-corrected chi connectivity index (χ2v) is 5.14. The van der Waals surface area contributed by atoms with Gasteiger partial charge < -0.3 is 15.2 Å². The molecule has 4 nitrogen and oxygen atoms in total. The van der Waals surface area contributed by atoms with Gasteiger partial charge in [-0.1, -0.05) is 6.42 Å². The average Bonchev–Trinajstić information content (AvgIpc) is 2.94. The van der Waals surface area contributed by atoms with Gasteiger partial charge in [-0.25, -0.2) is 4.98 Å². The van der Waals surface area contributed by atoms with E-state index in [9.17, 15) is 0 Å². The van der Waals surface area contributed by atoms with Crippen molar-refractivity contribution in [1.29, 1.82) is 0 Å². The van der Waals surface area contributed by atoms with Crippen molar-refractivity contribution in [2.75, 3.05) is 20.1 Å². The molecule has 0 radical (unpaired) electrons. The molecule has 17 heavy (non-hydrogen) atoms. The summed E-state index contributed by atoms with van der Waals surface area (Å²) >= 11 is 0. The second-order valence-electron chi connectivity index (χ2n) is 5.14. The van der Waals surface area contributed by atoms with Crippen LogP contribution in [-0.2, 0) is 6.54 Å². The van der Waals surface area contributed by atoms with Gasteiger partial charge in [0.05, 0.1) is 0 Å². The van der Waals surface area contributed by atoms with Crippen LogP contribution in [0.2, 0.25) is 0 Å². The Morgan fingerprint density at radius 2 is 2.35 bits per heavy atom. The van der Waals surface area contributed by atoms with E-state index in [-0.39, 0.29) is 0 Å². The van der Waals surface area contributed by atoms with E-state index in [1.807, 2.05) is 6.20 Å². The third kappa shape index (κ3) is 2.87. The lowest BCUT2D eigenvalue weighted by atomic mass is 10.0. The summed E-state index contributed by atoms with van der Waals surface area (Å²) in [5.74, 6) is 1.80. The molecule has 1 aliphatic rings. The fourth-order valence-electron chi connectivity index (χ4n) is 2.94. The first-order valence-electron chi connectivity index (χ1n) is 6.60. The monoisotopic (exact) mass is 236 g/mol. The Kier molecular flexibility index (Phi) is 4.18. The first-order valence-corrected chi connectivity index (χ1v) is 6.60. The van der Waals surface area contributed by atoms with Crippen LogP contribution in [0.4, 0.5) is 0 Å². The summed E-state index contributed by atoms with van der Waals surface area (Å²) < 4.78 is 2.21. The minimum absolute atomic E-state index is 0.684. The lowest BCUT2D eigenvalue weighted by Gasteiger charge is -2.29. The number of likely N-dealkylation sites (N-methyl/N-ethyl adjacent to an activating group) is 1. The molecule has 0 bridgehead atoms. The van der Waals surface area contributed by atoms with Crippen molar-refractivity contribution in [2.45, 2.75) is 38.8 Å². The normalized spacial score (nSPS) is 24.7. The lowest BCUT2D eigenvalue weighted by molar-refractivity contribution is 0.193. The van der Waals surface area contributed by atoms with Gasteiger partial charge in [-0.15, -0.1) is 0 Å². The van der Waals surface area contributed by atoms with Crippen LogP contribution in [0.3, 0.4) is 0 Å². The predicted molar refractivity (Wildman–Crippen MR) is 69.8 cm³/mol. The maximum Gasteiger partial charge on any atom is 0.105 e. The molecular weight excluding hydrogens is 212 g/mol. The molecular formula is C13H24N4. The van der Waals surface area contributed by atoms with Gasteiger partial charge in [0.15, 0.2) is 0 Å². The van der Waals surface area contributed by atoms with E-state index in [0.29, 0.717) is 12.0 Å². The largest absolute Gasteiger partial charge is 0.334 e. The third-order valence-corrected chi connectivity index (χ3v) is 4.11. The maximum atomic E-state index is 5.83. The van der Waals surface area contributed by atoms with E-state index in [2.05, 4.69) is 34.6 Å². The summed E-state index contributed by atoms with van der Waals surface area (Å²) in [6.45, 7) is 4.99. The molecule has 1 fully saturated rings. The molecule has 2 rings (SSSR count). The molecule has 2 N–H and O–H groups in total. The maximum absolute atomic E-state index is 5.83. The fourth-order valence-corrected chi connectivity index (χ4v) is 2.94. The molecule has 4 heteroatoms. The SMILES string of the molecule is Cc1nccn1CCN(C)C1CCCC1CN. The van der Waals surface area contributed by atoms with Crippen molar-refractivity contribution < 1.29 is 0 Å². The van der Waals surface area contributed by atoms with Gasteiger partial charge in [-0.2, -0.15) is 0 Å². The smallest absolute Gasteiger partial charge is 0.105 e. The highest BCUT2D eigenvalue weighted by atomic mass is 15.2.